The smallest absolute Gasteiger partial charge is 0.0436 e. The Morgan fingerprint density at radius 1 is 1.25 bits per heavy atom. The number of aliphatic hydroxyl groups is 1. The summed E-state index contributed by atoms with van der Waals surface area (Å²) >= 11 is 0. The Kier molecular flexibility index (Phi) is 3.81. The van der Waals surface area contributed by atoms with E-state index in [1.165, 1.54) is 5.56 Å². The van der Waals surface area contributed by atoms with E-state index in [1.54, 1.807) is 0 Å². The van der Waals surface area contributed by atoms with Crippen molar-refractivity contribution < 1.29 is 5.11 Å². The monoisotopic (exact) mass is 164 g/mol. The molecule has 1 N–H and O–H groups in total. The Hall–Kier alpha value is -0.820. The normalized spacial score (nSPS) is 12.8. The molecule has 1 nitrogen and oxygen atoms in total. The molecule has 1 atom stereocenters. The third-order valence-electron chi connectivity index (χ3n) is 2.24. The van der Waals surface area contributed by atoms with Gasteiger partial charge in [-0.2, -0.15) is 0 Å². The third kappa shape index (κ3) is 2.35. The quantitative estimate of drug-likeness (QED) is 0.725. The highest BCUT2D eigenvalue weighted by Crippen LogP contribution is 2.21. The van der Waals surface area contributed by atoms with Crippen molar-refractivity contribution in [3.63, 3.8) is 0 Å². The summed E-state index contributed by atoms with van der Waals surface area (Å²) in [4.78, 5) is 0. The first-order chi connectivity index (χ1) is 5.88. The highest BCUT2D eigenvalue weighted by molar-refractivity contribution is 5.19. The van der Waals surface area contributed by atoms with Gasteiger partial charge in [-0.25, -0.2) is 0 Å². The van der Waals surface area contributed by atoms with Gasteiger partial charge in [-0.3, -0.25) is 0 Å². The van der Waals surface area contributed by atoms with Crippen LogP contribution in [0.4, 0.5) is 0 Å². The van der Waals surface area contributed by atoms with Gasteiger partial charge in [-0.1, -0.05) is 37.3 Å². The van der Waals surface area contributed by atoms with Gasteiger partial charge in [0.2, 0.25) is 0 Å². The van der Waals surface area contributed by atoms with E-state index in [-0.39, 0.29) is 6.61 Å². The van der Waals surface area contributed by atoms with Gasteiger partial charge in [0.1, 0.15) is 0 Å². The van der Waals surface area contributed by atoms with Crippen molar-refractivity contribution >= 4 is 0 Å². The maximum atomic E-state index is 8.83. The van der Waals surface area contributed by atoms with Gasteiger partial charge in [-0.15, -0.1) is 0 Å². The first-order valence-corrected chi connectivity index (χ1v) is 4.54. The SMILES string of the molecule is CC[C@H](CCO)c1ccccc1. The first kappa shape index (κ1) is 9.27. The van der Waals surface area contributed by atoms with Gasteiger partial charge in [0.15, 0.2) is 0 Å². The molecule has 12 heavy (non-hydrogen) atoms. The average molecular weight is 164 g/mol. The average Bonchev–Trinajstić information content (AvgIpc) is 2.15. The van der Waals surface area contributed by atoms with Crippen molar-refractivity contribution in [3.05, 3.63) is 35.9 Å². The summed E-state index contributed by atoms with van der Waals surface area (Å²) in [5.74, 6) is 0.524. The van der Waals surface area contributed by atoms with E-state index in [0.717, 1.165) is 12.8 Å². The Labute approximate surface area is 74.1 Å². The fourth-order valence-electron chi connectivity index (χ4n) is 1.49. The number of hydrogen-bond acceptors (Lipinski definition) is 1. The molecule has 1 heteroatoms. The lowest BCUT2D eigenvalue weighted by atomic mass is 9.94. The van der Waals surface area contributed by atoms with E-state index in [9.17, 15) is 0 Å². The summed E-state index contributed by atoms with van der Waals surface area (Å²) in [5, 5.41) is 8.83. The molecule has 0 aliphatic heterocycles. The van der Waals surface area contributed by atoms with Gasteiger partial charge in [0.25, 0.3) is 0 Å². The molecule has 0 aliphatic carbocycles. The second-order valence-corrected chi connectivity index (χ2v) is 3.03. The highest BCUT2D eigenvalue weighted by Gasteiger charge is 2.06. The zero-order valence-electron chi connectivity index (χ0n) is 7.53. The first-order valence-electron chi connectivity index (χ1n) is 4.54. The molecule has 0 radical (unpaired) electrons. The summed E-state index contributed by atoms with van der Waals surface area (Å²) in [5.41, 5.74) is 1.34. The molecule has 1 aromatic carbocycles. The molecule has 66 valence electrons. The Morgan fingerprint density at radius 2 is 1.92 bits per heavy atom. The predicted molar refractivity (Wildman–Crippen MR) is 51.2 cm³/mol. The van der Waals surface area contributed by atoms with Crippen LogP contribution >= 0.6 is 0 Å². The van der Waals surface area contributed by atoms with E-state index in [1.807, 2.05) is 6.07 Å². The largest absolute Gasteiger partial charge is 0.396 e. The predicted octanol–water partition coefficient (Wildman–Crippen LogP) is 2.56. The summed E-state index contributed by atoms with van der Waals surface area (Å²) < 4.78 is 0. The van der Waals surface area contributed by atoms with Crippen molar-refractivity contribution in [1.29, 1.82) is 0 Å². The number of aliphatic hydroxyl groups excluding tert-OH is 1. The van der Waals surface area contributed by atoms with E-state index >= 15 is 0 Å². The van der Waals surface area contributed by atoms with Crippen LogP contribution in [0.3, 0.4) is 0 Å². The van der Waals surface area contributed by atoms with Crippen LogP contribution in [0.5, 0.6) is 0 Å². The van der Waals surface area contributed by atoms with Gasteiger partial charge in [0, 0.05) is 6.61 Å². The van der Waals surface area contributed by atoms with Crippen molar-refractivity contribution in [2.45, 2.75) is 25.7 Å². The Balaban J connectivity index is 2.66. The lowest BCUT2D eigenvalue weighted by molar-refractivity contribution is 0.274. The molecule has 0 aromatic heterocycles. The molecular formula is C11H16O. The number of rotatable bonds is 4. The maximum Gasteiger partial charge on any atom is 0.0436 e. The van der Waals surface area contributed by atoms with Crippen LogP contribution in [-0.4, -0.2) is 11.7 Å². The second-order valence-electron chi connectivity index (χ2n) is 3.03. The summed E-state index contributed by atoms with van der Waals surface area (Å²) in [6.45, 7) is 2.45. The summed E-state index contributed by atoms with van der Waals surface area (Å²) in [6.07, 6.45) is 1.98. The van der Waals surface area contributed by atoms with Crippen LogP contribution in [0.15, 0.2) is 30.3 Å². The molecule has 0 saturated carbocycles. The van der Waals surface area contributed by atoms with Crippen LogP contribution in [0.2, 0.25) is 0 Å². The van der Waals surface area contributed by atoms with Gasteiger partial charge < -0.3 is 5.11 Å². The van der Waals surface area contributed by atoms with E-state index in [0.29, 0.717) is 5.92 Å². The molecule has 0 heterocycles. The molecular weight excluding hydrogens is 148 g/mol. The fourth-order valence-corrected chi connectivity index (χ4v) is 1.49. The van der Waals surface area contributed by atoms with Crippen LogP contribution in [0.1, 0.15) is 31.2 Å². The molecule has 1 rings (SSSR count). The van der Waals surface area contributed by atoms with Gasteiger partial charge in [0.05, 0.1) is 0 Å². The molecule has 1 aromatic rings. The standard InChI is InChI=1S/C11H16O/c1-2-10(8-9-12)11-6-4-3-5-7-11/h3-7,10,12H,2,8-9H2,1H3/t10-/m1/s1. The molecule has 0 spiro atoms. The van der Waals surface area contributed by atoms with Crippen molar-refractivity contribution in [3.8, 4) is 0 Å². The van der Waals surface area contributed by atoms with Crippen LogP contribution in [-0.2, 0) is 0 Å². The van der Waals surface area contributed by atoms with Crippen molar-refractivity contribution in [1.82, 2.24) is 0 Å². The van der Waals surface area contributed by atoms with Gasteiger partial charge >= 0.3 is 0 Å². The topological polar surface area (TPSA) is 20.2 Å². The highest BCUT2D eigenvalue weighted by atomic mass is 16.3. The Bertz CT molecular complexity index is 206. The minimum absolute atomic E-state index is 0.285. The number of benzene rings is 1. The van der Waals surface area contributed by atoms with Crippen LogP contribution in [0, 0.1) is 0 Å². The lowest BCUT2D eigenvalue weighted by Gasteiger charge is -2.12. The zero-order valence-corrected chi connectivity index (χ0v) is 7.53. The molecule has 0 fully saturated rings. The van der Waals surface area contributed by atoms with E-state index < -0.39 is 0 Å². The second kappa shape index (κ2) is 4.94. The van der Waals surface area contributed by atoms with Crippen molar-refractivity contribution in [2.24, 2.45) is 0 Å². The lowest BCUT2D eigenvalue weighted by Crippen LogP contribution is -1.99. The molecule has 0 amide bonds. The minimum Gasteiger partial charge on any atom is -0.396 e. The fraction of sp³-hybridized carbons (Fsp3) is 0.455. The van der Waals surface area contributed by atoms with Gasteiger partial charge in [-0.05, 0) is 24.3 Å². The molecule has 0 bridgehead atoms. The molecule has 0 unspecified atom stereocenters. The third-order valence-corrected chi connectivity index (χ3v) is 2.24. The van der Waals surface area contributed by atoms with Crippen LogP contribution < -0.4 is 0 Å². The summed E-state index contributed by atoms with van der Waals surface area (Å²) in [7, 11) is 0. The van der Waals surface area contributed by atoms with Crippen LogP contribution in [0.25, 0.3) is 0 Å². The molecule has 0 saturated heterocycles. The van der Waals surface area contributed by atoms with E-state index in [4.69, 9.17) is 5.11 Å². The zero-order chi connectivity index (χ0) is 8.81. The minimum atomic E-state index is 0.285. The van der Waals surface area contributed by atoms with E-state index in [2.05, 4.69) is 31.2 Å². The molecule has 0 aliphatic rings. The summed E-state index contributed by atoms with van der Waals surface area (Å²) in [6, 6.07) is 10.4. The maximum absolute atomic E-state index is 8.83. The number of hydrogen-bond donors (Lipinski definition) is 1. The van der Waals surface area contributed by atoms with Crippen molar-refractivity contribution in [2.75, 3.05) is 6.61 Å². The Morgan fingerprint density at radius 3 is 2.42 bits per heavy atom.